The van der Waals surface area contributed by atoms with Crippen LogP contribution in [-0.2, 0) is 0 Å². The molecule has 20 heavy (non-hydrogen) atoms. The van der Waals surface area contributed by atoms with Crippen LogP contribution in [-0.4, -0.2) is 22.0 Å². The van der Waals surface area contributed by atoms with Gasteiger partial charge in [-0.2, -0.15) is 0 Å². The van der Waals surface area contributed by atoms with Gasteiger partial charge in [-0.1, -0.05) is 42.5 Å². The molecule has 2 aromatic carbocycles. The third-order valence-electron chi connectivity index (χ3n) is 2.74. The largest absolute Gasteiger partial charge is 0.507 e. The molecular weight excluding hydrogens is 256 g/mol. The number of ketones is 1. The Balaban J connectivity index is 2.22. The minimum absolute atomic E-state index is 0.171. The van der Waals surface area contributed by atoms with Gasteiger partial charge in [0.05, 0.1) is 0 Å². The Hall–Kier alpha value is -2.88. The first kappa shape index (κ1) is 13.5. The van der Waals surface area contributed by atoms with Crippen molar-refractivity contribution in [1.29, 1.82) is 0 Å². The fourth-order valence-electron chi connectivity index (χ4n) is 1.70. The zero-order valence-corrected chi connectivity index (χ0v) is 10.5. The van der Waals surface area contributed by atoms with Gasteiger partial charge in [0, 0.05) is 5.56 Å². The molecule has 0 saturated carbocycles. The summed E-state index contributed by atoms with van der Waals surface area (Å²) >= 11 is 0. The van der Waals surface area contributed by atoms with Crippen LogP contribution in [0, 0.1) is 0 Å². The van der Waals surface area contributed by atoms with Crippen LogP contribution in [0.5, 0.6) is 5.75 Å². The van der Waals surface area contributed by atoms with Crippen LogP contribution in [0.1, 0.15) is 26.3 Å². The lowest BCUT2D eigenvalue weighted by atomic mass is 10.1. The van der Waals surface area contributed by atoms with Gasteiger partial charge in [-0.05, 0) is 23.8 Å². The van der Waals surface area contributed by atoms with Gasteiger partial charge >= 0.3 is 5.97 Å². The third-order valence-corrected chi connectivity index (χ3v) is 2.74. The van der Waals surface area contributed by atoms with Crippen molar-refractivity contribution in [3.8, 4) is 5.75 Å². The van der Waals surface area contributed by atoms with Gasteiger partial charge in [0.15, 0.2) is 5.78 Å². The second kappa shape index (κ2) is 5.84. The summed E-state index contributed by atoms with van der Waals surface area (Å²) < 4.78 is 0. The van der Waals surface area contributed by atoms with Gasteiger partial charge in [0.1, 0.15) is 11.3 Å². The minimum atomic E-state index is -1.22. The number of rotatable bonds is 4. The van der Waals surface area contributed by atoms with Gasteiger partial charge in [-0.15, -0.1) is 0 Å². The van der Waals surface area contributed by atoms with Crippen molar-refractivity contribution in [2.45, 2.75) is 0 Å². The number of carbonyl (C=O) groups excluding carboxylic acids is 1. The summed E-state index contributed by atoms with van der Waals surface area (Å²) in [4.78, 5) is 22.7. The Kier molecular flexibility index (Phi) is 3.96. The van der Waals surface area contributed by atoms with Crippen LogP contribution in [0.15, 0.2) is 54.6 Å². The number of allylic oxidation sites excluding steroid dienone is 1. The number of aromatic carboxylic acids is 1. The van der Waals surface area contributed by atoms with Gasteiger partial charge in [-0.25, -0.2) is 4.79 Å². The molecule has 0 saturated heterocycles. The number of carboxylic acids is 1. The van der Waals surface area contributed by atoms with E-state index in [9.17, 15) is 14.7 Å². The molecular formula is C16H12O4. The van der Waals surface area contributed by atoms with E-state index in [-0.39, 0.29) is 17.1 Å². The fraction of sp³-hybridized carbons (Fsp3) is 0. The average Bonchev–Trinajstić information content (AvgIpc) is 2.46. The number of phenols is 1. The van der Waals surface area contributed by atoms with Crippen molar-refractivity contribution in [3.05, 3.63) is 71.3 Å². The second-order valence-corrected chi connectivity index (χ2v) is 4.15. The number of hydrogen-bond acceptors (Lipinski definition) is 3. The summed E-state index contributed by atoms with van der Waals surface area (Å²) in [5, 5.41) is 18.3. The molecule has 0 bridgehead atoms. The summed E-state index contributed by atoms with van der Waals surface area (Å²) in [6.45, 7) is 0. The molecule has 0 radical (unpaired) electrons. The Morgan fingerprint density at radius 2 is 1.70 bits per heavy atom. The summed E-state index contributed by atoms with van der Waals surface area (Å²) in [5.74, 6) is -1.69. The maximum Gasteiger partial charge on any atom is 0.339 e. The van der Waals surface area contributed by atoms with E-state index < -0.39 is 5.97 Å². The molecule has 0 aliphatic rings. The van der Waals surface area contributed by atoms with Crippen molar-refractivity contribution < 1.29 is 19.8 Å². The summed E-state index contributed by atoms with van der Waals surface area (Å²) in [6.07, 6.45) is 2.88. The highest BCUT2D eigenvalue weighted by atomic mass is 16.4. The summed E-state index contributed by atoms with van der Waals surface area (Å²) in [6, 6.07) is 12.9. The molecule has 0 amide bonds. The van der Waals surface area contributed by atoms with Crippen LogP contribution in [0.25, 0.3) is 6.08 Å². The molecule has 0 unspecified atom stereocenters. The van der Waals surface area contributed by atoms with E-state index in [2.05, 4.69) is 0 Å². The molecule has 2 N–H and O–H groups in total. The Labute approximate surface area is 115 Å². The standard InChI is InChI=1S/C16H12O4/c17-14(12-4-2-1-3-5-12)8-6-11-7-9-15(18)13(10-11)16(19)20/h1-10,18H,(H,19,20)/b8-6+. The lowest BCUT2D eigenvalue weighted by Gasteiger charge is -2.00. The molecule has 2 rings (SSSR count). The molecule has 0 aliphatic heterocycles. The predicted molar refractivity (Wildman–Crippen MR) is 74.9 cm³/mol. The van der Waals surface area contributed by atoms with E-state index >= 15 is 0 Å². The molecule has 4 nitrogen and oxygen atoms in total. The molecule has 0 atom stereocenters. The third kappa shape index (κ3) is 3.11. The van der Waals surface area contributed by atoms with E-state index in [1.54, 1.807) is 24.3 Å². The first-order valence-corrected chi connectivity index (χ1v) is 5.91. The Bertz CT molecular complexity index is 672. The normalized spacial score (nSPS) is 10.6. The molecule has 100 valence electrons. The Morgan fingerprint density at radius 1 is 1.00 bits per heavy atom. The van der Waals surface area contributed by atoms with Gasteiger partial charge in [0.25, 0.3) is 0 Å². The number of aromatic hydroxyl groups is 1. The fourth-order valence-corrected chi connectivity index (χ4v) is 1.70. The topological polar surface area (TPSA) is 74.6 Å². The number of hydrogen-bond donors (Lipinski definition) is 2. The zero-order chi connectivity index (χ0) is 14.5. The first-order chi connectivity index (χ1) is 9.58. The van der Waals surface area contributed by atoms with Crippen LogP contribution in [0.2, 0.25) is 0 Å². The predicted octanol–water partition coefficient (Wildman–Crippen LogP) is 2.99. The lowest BCUT2D eigenvalue weighted by molar-refractivity contribution is 0.0693. The Morgan fingerprint density at radius 3 is 2.35 bits per heavy atom. The maximum atomic E-state index is 11.9. The highest BCUT2D eigenvalue weighted by molar-refractivity contribution is 6.06. The highest BCUT2D eigenvalue weighted by Gasteiger charge is 2.09. The van der Waals surface area contributed by atoms with Crippen LogP contribution < -0.4 is 0 Å². The molecule has 0 aromatic heterocycles. The first-order valence-electron chi connectivity index (χ1n) is 5.91. The number of benzene rings is 2. The van der Waals surface area contributed by atoms with E-state index in [4.69, 9.17) is 5.11 Å². The highest BCUT2D eigenvalue weighted by Crippen LogP contribution is 2.19. The van der Waals surface area contributed by atoms with E-state index in [0.717, 1.165) is 0 Å². The quantitative estimate of drug-likeness (QED) is 0.660. The molecule has 0 fully saturated rings. The monoisotopic (exact) mass is 268 g/mol. The summed E-state index contributed by atoms with van der Waals surface area (Å²) in [5.41, 5.74) is 0.893. The second-order valence-electron chi connectivity index (χ2n) is 4.15. The van der Waals surface area contributed by atoms with Crippen molar-refractivity contribution in [2.75, 3.05) is 0 Å². The molecule has 0 heterocycles. The molecule has 0 aliphatic carbocycles. The van der Waals surface area contributed by atoms with Gasteiger partial charge in [-0.3, -0.25) is 4.79 Å². The van der Waals surface area contributed by atoms with Crippen molar-refractivity contribution in [1.82, 2.24) is 0 Å². The van der Waals surface area contributed by atoms with Crippen molar-refractivity contribution >= 4 is 17.8 Å². The van der Waals surface area contributed by atoms with E-state index in [1.807, 2.05) is 6.07 Å². The van der Waals surface area contributed by atoms with Gasteiger partial charge in [0.2, 0.25) is 0 Å². The minimum Gasteiger partial charge on any atom is -0.507 e. The molecule has 0 spiro atoms. The van der Waals surface area contributed by atoms with Crippen LogP contribution >= 0.6 is 0 Å². The smallest absolute Gasteiger partial charge is 0.339 e. The lowest BCUT2D eigenvalue weighted by Crippen LogP contribution is -1.97. The van der Waals surface area contributed by atoms with Crippen molar-refractivity contribution in [3.63, 3.8) is 0 Å². The molecule has 4 heteroatoms. The van der Waals surface area contributed by atoms with Crippen molar-refractivity contribution in [2.24, 2.45) is 0 Å². The SMILES string of the molecule is O=C(/C=C/c1ccc(O)c(C(=O)O)c1)c1ccccc1. The molecule has 2 aromatic rings. The van der Waals surface area contributed by atoms with E-state index in [1.165, 1.54) is 30.4 Å². The zero-order valence-electron chi connectivity index (χ0n) is 10.5. The number of carboxylic acid groups (broad SMARTS) is 1. The number of carbonyl (C=O) groups is 2. The van der Waals surface area contributed by atoms with E-state index in [0.29, 0.717) is 11.1 Å². The maximum absolute atomic E-state index is 11.9. The summed E-state index contributed by atoms with van der Waals surface area (Å²) in [7, 11) is 0. The average molecular weight is 268 g/mol. The van der Waals surface area contributed by atoms with Gasteiger partial charge < -0.3 is 10.2 Å². The van der Waals surface area contributed by atoms with Crippen LogP contribution in [0.4, 0.5) is 0 Å². The van der Waals surface area contributed by atoms with Crippen LogP contribution in [0.3, 0.4) is 0 Å².